The predicted molar refractivity (Wildman–Crippen MR) is 201 cm³/mol. The quantitative estimate of drug-likeness (QED) is 0.185. The van der Waals surface area contributed by atoms with Gasteiger partial charge in [-0.05, 0) is 65.4 Å². The summed E-state index contributed by atoms with van der Waals surface area (Å²) in [4.78, 5) is 54.9. The molecule has 0 spiro atoms. The zero-order valence-electron chi connectivity index (χ0n) is 30.0. The number of carbonyl (C=O) groups excluding carboxylic acids is 3. The zero-order chi connectivity index (χ0) is 37.8. The largest absolute Gasteiger partial charge is 0.496 e. The lowest BCUT2D eigenvalue weighted by atomic mass is 9.66. The number of hydrogen-bond donors (Lipinski definition) is 1. The van der Waals surface area contributed by atoms with Gasteiger partial charge in [0, 0.05) is 47.0 Å². The average molecular weight is 758 g/mol. The number of aromatic carboxylic acids is 1. The molecular weight excluding hydrogens is 711 g/mol. The second kappa shape index (κ2) is 16.3. The van der Waals surface area contributed by atoms with E-state index >= 15 is 4.79 Å². The van der Waals surface area contributed by atoms with Crippen LogP contribution in [-0.2, 0) is 30.5 Å². The Morgan fingerprint density at radius 1 is 1.00 bits per heavy atom. The number of ether oxygens (including phenoxy) is 1. The van der Waals surface area contributed by atoms with E-state index in [1.807, 2.05) is 44.2 Å². The highest BCUT2D eigenvalue weighted by molar-refractivity contribution is 7.94. The van der Waals surface area contributed by atoms with Gasteiger partial charge in [0.2, 0.25) is 5.91 Å². The van der Waals surface area contributed by atoms with Gasteiger partial charge in [-0.3, -0.25) is 14.4 Å². The number of piperidine rings is 1. The third-order valence-electron chi connectivity index (χ3n) is 9.63. The van der Waals surface area contributed by atoms with Gasteiger partial charge in [-0.2, -0.15) is 4.36 Å². The Bertz CT molecular complexity index is 1920. The van der Waals surface area contributed by atoms with Gasteiger partial charge in [0.15, 0.2) is 0 Å². The maximum atomic E-state index is 15.2. The lowest BCUT2D eigenvalue weighted by Crippen LogP contribution is -2.59. The summed E-state index contributed by atoms with van der Waals surface area (Å²) in [5.74, 6) is -2.67. The fraction of sp³-hybridized carbons (Fsp3) is 0.436. The van der Waals surface area contributed by atoms with Crippen LogP contribution >= 0.6 is 23.2 Å². The monoisotopic (exact) mass is 756 g/mol. The highest BCUT2D eigenvalue weighted by atomic mass is 35.5. The van der Waals surface area contributed by atoms with E-state index in [2.05, 4.69) is 4.36 Å². The van der Waals surface area contributed by atoms with E-state index in [1.165, 1.54) is 26.2 Å². The molecule has 0 saturated carbocycles. The number of benzene rings is 3. The topological polar surface area (TPSA) is 130 Å². The van der Waals surface area contributed by atoms with Crippen LogP contribution in [0.4, 0.5) is 0 Å². The zero-order valence-corrected chi connectivity index (χ0v) is 32.3. The van der Waals surface area contributed by atoms with Crippen LogP contribution in [0.3, 0.4) is 0 Å². The van der Waals surface area contributed by atoms with Crippen LogP contribution in [0.2, 0.25) is 10.0 Å². The van der Waals surface area contributed by atoms with Crippen molar-refractivity contribution in [1.29, 1.82) is 0 Å². The molecule has 2 amide bonds. The molecule has 1 fully saturated rings. The number of nitrogens with zero attached hydrogens (tertiary/aromatic N) is 2. The second-order valence-corrected chi connectivity index (χ2v) is 17.9. The summed E-state index contributed by atoms with van der Waals surface area (Å²) < 4.78 is 23.8. The number of halogens is 2. The number of Topliss-reactive ketones (excluding diaryl/α,β-unsaturated/α-hetero) is 1. The van der Waals surface area contributed by atoms with Crippen LogP contribution in [0.5, 0.6) is 5.75 Å². The molecule has 12 heteroatoms. The van der Waals surface area contributed by atoms with Gasteiger partial charge < -0.3 is 14.7 Å². The van der Waals surface area contributed by atoms with Crippen molar-refractivity contribution in [2.45, 2.75) is 84.1 Å². The molecular formula is C39H46Cl2N2O7S. The lowest BCUT2D eigenvalue weighted by Gasteiger charge is -2.53. The number of hydrogen-bond acceptors (Lipinski definition) is 6. The van der Waals surface area contributed by atoms with Crippen LogP contribution in [0.15, 0.2) is 71.1 Å². The summed E-state index contributed by atoms with van der Waals surface area (Å²) in [6.45, 7) is 10.5. The minimum Gasteiger partial charge on any atom is -0.496 e. The molecule has 1 N–H and O–H groups in total. The molecule has 1 aliphatic heterocycles. The molecule has 1 saturated heterocycles. The third-order valence-corrected chi connectivity index (χ3v) is 13.0. The van der Waals surface area contributed by atoms with Crippen molar-refractivity contribution >= 4 is 56.5 Å². The number of amides is 2. The fourth-order valence-corrected chi connectivity index (χ4v) is 9.52. The van der Waals surface area contributed by atoms with Crippen molar-refractivity contribution in [1.82, 2.24) is 4.90 Å². The summed E-state index contributed by atoms with van der Waals surface area (Å²) in [6.07, 6.45) is 0.136. The maximum Gasteiger partial charge on any atom is 0.339 e. The molecule has 5 atom stereocenters. The van der Waals surface area contributed by atoms with Crippen LogP contribution in [0.1, 0.15) is 93.4 Å². The maximum absolute atomic E-state index is 15.2. The number of carboxylic acid groups (broad SMARTS) is 1. The third kappa shape index (κ3) is 9.20. The Hall–Kier alpha value is -3.73. The first kappa shape index (κ1) is 40.0. The standard InChI is InChI=1S/C39H46Cl2N2O7S/c1-23(2)34(22-51(49,24(3)4)42-25(5)44)43-36(27-12-14-29(40)15-13-27)33(28-9-8-10-30(41)19-28)21-39(6,38(43)48)20-31(45)17-26-11-16-32(37(46)47)35(18-26)50-7/h8-16,18-19,23-24,33-34,36H,17,20-22H2,1-7H3,(H,46,47)/t33-,34-,36-,39+,51-/m1/s1. The minimum atomic E-state index is -3.12. The van der Waals surface area contributed by atoms with Crippen LogP contribution in [0.25, 0.3) is 0 Å². The normalized spacial score (nSPS) is 20.9. The summed E-state index contributed by atoms with van der Waals surface area (Å²) in [5.41, 5.74) is 1.00. The Labute approximate surface area is 310 Å². The van der Waals surface area contributed by atoms with E-state index in [9.17, 15) is 23.7 Å². The molecule has 1 heterocycles. The number of methoxy groups -OCH3 is 1. The van der Waals surface area contributed by atoms with E-state index in [0.29, 0.717) is 22.0 Å². The Balaban J connectivity index is 1.89. The van der Waals surface area contributed by atoms with Crippen molar-refractivity contribution in [3.63, 3.8) is 0 Å². The first-order valence-corrected chi connectivity index (χ1v) is 19.4. The Morgan fingerprint density at radius 2 is 1.67 bits per heavy atom. The number of carbonyl (C=O) groups is 4. The molecule has 0 aliphatic carbocycles. The van der Waals surface area contributed by atoms with Gasteiger partial charge in [-0.1, -0.05) is 88.2 Å². The number of carboxylic acids is 1. The van der Waals surface area contributed by atoms with Gasteiger partial charge in [0.1, 0.15) is 17.1 Å². The first-order valence-electron chi connectivity index (χ1n) is 16.9. The number of rotatable bonds is 13. The van der Waals surface area contributed by atoms with Gasteiger partial charge >= 0.3 is 5.97 Å². The molecule has 0 radical (unpaired) electrons. The molecule has 0 aromatic heterocycles. The van der Waals surface area contributed by atoms with Crippen molar-refractivity contribution in [3.8, 4) is 5.75 Å². The van der Waals surface area contributed by atoms with E-state index in [0.717, 1.165) is 11.1 Å². The Kier molecular flexibility index (Phi) is 12.8. The van der Waals surface area contributed by atoms with Gasteiger partial charge in [-0.25, -0.2) is 9.00 Å². The second-order valence-electron chi connectivity index (χ2n) is 14.2. The van der Waals surface area contributed by atoms with E-state index in [-0.39, 0.29) is 53.4 Å². The molecule has 51 heavy (non-hydrogen) atoms. The van der Waals surface area contributed by atoms with Crippen molar-refractivity contribution in [2.75, 3.05) is 12.9 Å². The summed E-state index contributed by atoms with van der Waals surface area (Å²) >= 11 is 12.9. The van der Waals surface area contributed by atoms with E-state index in [1.54, 1.807) is 49.9 Å². The summed E-state index contributed by atoms with van der Waals surface area (Å²) in [6, 6.07) is 18.0. The lowest BCUT2D eigenvalue weighted by molar-refractivity contribution is -0.157. The van der Waals surface area contributed by atoms with Crippen LogP contribution < -0.4 is 4.74 Å². The highest BCUT2D eigenvalue weighted by Gasteiger charge is 2.53. The van der Waals surface area contributed by atoms with Crippen molar-refractivity contribution in [2.24, 2.45) is 15.7 Å². The molecule has 0 bridgehead atoms. The van der Waals surface area contributed by atoms with E-state index in [4.69, 9.17) is 27.9 Å². The molecule has 3 aromatic carbocycles. The van der Waals surface area contributed by atoms with Crippen LogP contribution in [0, 0.1) is 11.3 Å². The molecule has 274 valence electrons. The first-order chi connectivity index (χ1) is 23.9. The minimum absolute atomic E-state index is 0.0226. The number of ketones is 1. The van der Waals surface area contributed by atoms with E-state index < -0.39 is 44.4 Å². The molecule has 9 nitrogen and oxygen atoms in total. The summed E-state index contributed by atoms with van der Waals surface area (Å²) in [7, 11) is -1.76. The van der Waals surface area contributed by atoms with Gasteiger partial charge in [-0.15, -0.1) is 0 Å². The predicted octanol–water partition coefficient (Wildman–Crippen LogP) is 8.41. The highest BCUT2D eigenvalue weighted by Crippen LogP contribution is 2.53. The molecule has 3 aromatic rings. The van der Waals surface area contributed by atoms with Gasteiger partial charge in [0.25, 0.3) is 5.91 Å². The smallest absolute Gasteiger partial charge is 0.339 e. The van der Waals surface area contributed by atoms with Crippen molar-refractivity contribution < 1.29 is 33.2 Å². The number of likely N-dealkylation sites (tertiary alicyclic amines) is 1. The Morgan fingerprint density at radius 3 is 2.22 bits per heavy atom. The van der Waals surface area contributed by atoms with Crippen LogP contribution in [-0.4, -0.2) is 61.9 Å². The van der Waals surface area contributed by atoms with Gasteiger partial charge in [0.05, 0.1) is 34.0 Å². The SMILES string of the molecule is COc1cc(CC(=O)C[C@@]2(C)C[C@H](c3cccc(Cl)c3)[C@@H](c3ccc(Cl)cc3)N([C@H](C[S@](=O)(=NC(C)=O)C(C)C)C(C)C)C2=O)ccc1C(=O)O. The fourth-order valence-electron chi connectivity index (χ4n) is 7.05. The van der Waals surface area contributed by atoms with Crippen molar-refractivity contribution in [3.05, 3.63) is 99.0 Å². The molecule has 0 unspecified atom stereocenters. The summed E-state index contributed by atoms with van der Waals surface area (Å²) in [5, 5.41) is 10.1. The molecule has 1 aliphatic rings. The average Bonchev–Trinajstić information content (AvgIpc) is 3.04. The molecule has 4 rings (SSSR count).